The third-order valence-electron chi connectivity index (χ3n) is 3.58. The molecule has 0 aliphatic rings. The molecule has 1 atom stereocenters. The Balaban J connectivity index is 3.64. The Hall–Kier alpha value is -0.120. The molecule has 1 N–H and O–H groups in total. The average Bonchev–Trinajstić information content (AvgIpc) is 2.46. The van der Waals surface area contributed by atoms with Gasteiger partial charge in [-0.25, -0.2) is 0 Å². The van der Waals surface area contributed by atoms with Gasteiger partial charge in [0, 0.05) is 0 Å². The topological polar surface area (TPSA) is 38.7 Å². The van der Waals surface area contributed by atoms with Crippen LogP contribution in [0.1, 0.15) is 78.1 Å². The van der Waals surface area contributed by atoms with E-state index >= 15 is 0 Å². The molecule has 0 heterocycles. The Labute approximate surface area is 126 Å². The second-order valence-electron chi connectivity index (χ2n) is 5.53. The Morgan fingerprint density at radius 3 is 2.00 bits per heavy atom. The van der Waals surface area contributed by atoms with E-state index in [0.717, 1.165) is 0 Å². The minimum Gasteiger partial charge on any atom is -0.394 e. The quantitative estimate of drug-likeness (QED) is 0.430. The van der Waals surface area contributed by atoms with Gasteiger partial charge in [-0.1, -0.05) is 65.2 Å². The molecule has 0 aliphatic heterocycles. The van der Waals surface area contributed by atoms with Crippen molar-refractivity contribution in [2.75, 3.05) is 26.4 Å². The fourth-order valence-corrected chi connectivity index (χ4v) is 2.35. The first-order valence-corrected chi connectivity index (χ1v) is 8.65. The summed E-state index contributed by atoms with van der Waals surface area (Å²) in [6.45, 7) is 6.26. The number of hydrogen-bond donors (Lipinski definition) is 1. The Bertz CT molecular complexity index is 160. The smallest absolute Gasteiger partial charge is 0.0704 e. The van der Waals surface area contributed by atoms with Gasteiger partial charge in [-0.15, -0.1) is 0 Å². The van der Waals surface area contributed by atoms with Crippen molar-refractivity contribution in [3.8, 4) is 0 Å². The fourth-order valence-electron chi connectivity index (χ4n) is 2.35. The van der Waals surface area contributed by atoms with Crippen molar-refractivity contribution in [1.82, 2.24) is 0 Å². The normalized spacial score (nSPS) is 12.8. The Morgan fingerprint density at radius 1 is 0.750 bits per heavy atom. The number of ether oxygens (including phenoxy) is 2. The van der Waals surface area contributed by atoms with Crippen molar-refractivity contribution in [2.24, 2.45) is 0 Å². The van der Waals surface area contributed by atoms with E-state index in [2.05, 4.69) is 13.8 Å². The van der Waals surface area contributed by atoms with Crippen LogP contribution in [0.2, 0.25) is 0 Å². The summed E-state index contributed by atoms with van der Waals surface area (Å²) in [5, 5.41) is 8.64. The van der Waals surface area contributed by atoms with Crippen LogP contribution in [0, 0.1) is 0 Å². The standard InChI is InChI=1S/C17H36O3/c1-3-5-7-8-10-12-17(11-9-6-4-2)20-16-15-19-14-13-18/h17-18H,3-16H2,1-2H3. The molecule has 122 valence electrons. The van der Waals surface area contributed by atoms with Crippen LogP contribution in [0.5, 0.6) is 0 Å². The highest BCUT2D eigenvalue weighted by Gasteiger charge is 2.08. The van der Waals surface area contributed by atoms with Crippen LogP contribution in [0.25, 0.3) is 0 Å². The number of aliphatic hydroxyl groups excluding tert-OH is 1. The summed E-state index contributed by atoms with van der Waals surface area (Å²) in [6, 6.07) is 0. The number of aliphatic hydroxyl groups is 1. The summed E-state index contributed by atoms with van der Waals surface area (Å²) in [5.41, 5.74) is 0. The maximum absolute atomic E-state index is 8.64. The lowest BCUT2D eigenvalue weighted by molar-refractivity contribution is -0.0100. The molecular weight excluding hydrogens is 252 g/mol. The maximum atomic E-state index is 8.64. The molecule has 0 fully saturated rings. The van der Waals surface area contributed by atoms with Gasteiger partial charge in [-0.3, -0.25) is 0 Å². The van der Waals surface area contributed by atoms with E-state index in [1.807, 2.05) is 0 Å². The van der Waals surface area contributed by atoms with Gasteiger partial charge in [0.2, 0.25) is 0 Å². The van der Waals surface area contributed by atoms with Gasteiger partial charge < -0.3 is 14.6 Å². The second kappa shape index (κ2) is 16.9. The summed E-state index contributed by atoms with van der Waals surface area (Å²) >= 11 is 0. The number of hydrogen-bond acceptors (Lipinski definition) is 3. The van der Waals surface area contributed by atoms with Crippen LogP contribution in [0.4, 0.5) is 0 Å². The highest BCUT2D eigenvalue weighted by atomic mass is 16.5. The zero-order chi connectivity index (χ0) is 14.9. The molecule has 0 aromatic heterocycles. The number of unbranched alkanes of at least 4 members (excludes halogenated alkanes) is 6. The molecule has 0 saturated heterocycles. The molecule has 0 bridgehead atoms. The Kier molecular flexibility index (Phi) is 16.8. The molecule has 0 amide bonds. The lowest BCUT2D eigenvalue weighted by Gasteiger charge is -2.18. The van der Waals surface area contributed by atoms with Crippen molar-refractivity contribution in [2.45, 2.75) is 84.2 Å². The first-order valence-electron chi connectivity index (χ1n) is 8.65. The van der Waals surface area contributed by atoms with Crippen molar-refractivity contribution in [1.29, 1.82) is 0 Å². The van der Waals surface area contributed by atoms with Crippen LogP contribution >= 0.6 is 0 Å². The predicted molar refractivity (Wildman–Crippen MR) is 85.2 cm³/mol. The van der Waals surface area contributed by atoms with Crippen LogP contribution in [-0.4, -0.2) is 37.6 Å². The average molecular weight is 288 g/mol. The molecule has 20 heavy (non-hydrogen) atoms. The van der Waals surface area contributed by atoms with E-state index in [1.165, 1.54) is 64.2 Å². The van der Waals surface area contributed by atoms with Gasteiger partial charge in [0.1, 0.15) is 0 Å². The van der Waals surface area contributed by atoms with Crippen LogP contribution in [-0.2, 0) is 9.47 Å². The van der Waals surface area contributed by atoms with E-state index in [0.29, 0.717) is 25.9 Å². The maximum Gasteiger partial charge on any atom is 0.0704 e. The van der Waals surface area contributed by atoms with Gasteiger partial charge in [-0.05, 0) is 12.8 Å². The largest absolute Gasteiger partial charge is 0.394 e. The first kappa shape index (κ1) is 19.9. The summed E-state index contributed by atoms with van der Waals surface area (Å²) in [4.78, 5) is 0. The highest BCUT2D eigenvalue weighted by Crippen LogP contribution is 2.15. The number of rotatable bonds is 16. The lowest BCUT2D eigenvalue weighted by Crippen LogP contribution is -2.17. The second-order valence-corrected chi connectivity index (χ2v) is 5.53. The van der Waals surface area contributed by atoms with E-state index in [1.54, 1.807) is 0 Å². The van der Waals surface area contributed by atoms with Crippen molar-refractivity contribution < 1.29 is 14.6 Å². The van der Waals surface area contributed by atoms with Crippen LogP contribution < -0.4 is 0 Å². The first-order chi connectivity index (χ1) is 9.85. The minimum atomic E-state index is 0.0946. The summed E-state index contributed by atoms with van der Waals surface area (Å²) in [6.07, 6.45) is 13.3. The molecule has 0 aromatic carbocycles. The molecule has 0 spiro atoms. The molecule has 1 unspecified atom stereocenters. The third kappa shape index (κ3) is 14.3. The molecular formula is C17H36O3. The van der Waals surface area contributed by atoms with Crippen molar-refractivity contribution >= 4 is 0 Å². The lowest BCUT2D eigenvalue weighted by atomic mass is 10.0. The fraction of sp³-hybridized carbons (Fsp3) is 1.00. The van der Waals surface area contributed by atoms with Gasteiger partial charge in [0.15, 0.2) is 0 Å². The van der Waals surface area contributed by atoms with Gasteiger partial charge in [0.05, 0.1) is 32.5 Å². The monoisotopic (exact) mass is 288 g/mol. The molecule has 0 saturated carbocycles. The van der Waals surface area contributed by atoms with Gasteiger partial charge in [0.25, 0.3) is 0 Å². The van der Waals surface area contributed by atoms with Crippen LogP contribution in [0.3, 0.4) is 0 Å². The zero-order valence-corrected chi connectivity index (χ0v) is 13.7. The third-order valence-corrected chi connectivity index (χ3v) is 3.58. The van der Waals surface area contributed by atoms with E-state index in [4.69, 9.17) is 14.6 Å². The molecule has 3 heteroatoms. The zero-order valence-electron chi connectivity index (χ0n) is 13.7. The molecule has 0 aliphatic carbocycles. The molecule has 0 rings (SSSR count). The van der Waals surface area contributed by atoms with Crippen molar-refractivity contribution in [3.05, 3.63) is 0 Å². The van der Waals surface area contributed by atoms with Crippen molar-refractivity contribution in [3.63, 3.8) is 0 Å². The summed E-state index contributed by atoms with van der Waals surface area (Å²) in [5.74, 6) is 0. The Morgan fingerprint density at radius 2 is 1.35 bits per heavy atom. The van der Waals surface area contributed by atoms with Crippen LogP contribution in [0.15, 0.2) is 0 Å². The molecule has 0 aromatic rings. The SMILES string of the molecule is CCCCCCCC(CCCCC)OCCOCCO. The van der Waals surface area contributed by atoms with E-state index < -0.39 is 0 Å². The summed E-state index contributed by atoms with van der Waals surface area (Å²) < 4.78 is 11.2. The van der Waals surface area contributed by atoms with Gasteiger partial charge >= 0.3 is 0 Å². The summed E-state index contributed by atoms with van der Waals surface area (Å²) in [7, 11) is 0. The van der Waals surface area contributed by atoms with E-state index in [-0.39, 0.29) is 6.61 Å². The minimum absolute atomic E-state index is 0.0946. The van der Waals surface area contributed by atoms with E-state index in [9.17, 15) is 0 Å². The van der Waals surface area contributed by atoms with Gasteiger partial charge in [-0.2, -0.15) is 0 Å². The molecule has 0 radical (unpaired) electrons. The molecule has 3 nitrogen and oxygen atoms in total. The predicted octanol–water partition coefficient (Wildman–Crippen LogP) is 4.32. The highest BCUT2D eigenvalue weighted by molar-refractivity contribution is 4.60.